The van der Waals surface area contributed by atoms with Gasteiger partial charge >= 0.3 is 6.03 Å². The normalized spacial score (nSPS) is 23.3. The molecule has 6 heteroatoms. The van der Waals surface area contributed by atoms with Gasteiger partial charge in [-0.1, -0.05) is 25.8 Å². The van der Waals surface area contributed by atoms with Crippen molar-refractivity contribution < 1.29 is 9.59 Å². The lowest BCUT2D eigenvalue weighted by Crippen LogP contribution is -2.43. The summed E-state index contributed by atoms with van der Waals surface area (Å²) in [6.07, 6.45) is 4.85. The van der Waals surface area contributed by atoms with Gasteiger partial charge in [-0.25, -0.2) is 4.79 Å². The predicted molar refractivity (Wildman–Crippen MR) is 84.0 cm³/mol. The van der Waals surface area contributed by atoms with Gasteiger partial charge in [0, 0.05) is 10.9 Å². The second-order valence-electron chi connectivity index (χ2n) is 5.72. The topological polar surface area (TPSA) is 84.2 Å². The van der Waals surface area contributed by atoms with Crippen LogP contribution >= 0.6 is 11.3 Å². The molecule has 0 aromatic carbocycles. The molecule has 0 unspecified atom stereocenters. The molecule has 1 aromatic rings. The highest BCUT2D eigenvalue weighted by molar-refractivity contribution is 7.10. The van der Waals surface area contributed by atoms with Crippen LogP contribution < -0.4 is 16.4 Å². The minimum absolute atomic E-state index is 0.0269. The van der Waals surface area contributed by atoms with Crippen LogP contribution in [0.5, 0.6) is 0 Å². The molecule has 0 saturated heterocycles. The average Bonchev–Trinajstić information content (AvgIpc) is 2.94. The molecule has 1 aliphatic carbocycles. The van der Waals surface area contributed by atoms with Crippen molar-refractivity contribution in [2.75, 3.05) is 0 Å². The average molecular weight is 309 g/mol. The van der Waals surface area contributed by atoms with Gasteiger partial charge in [0.05, 0.1) is 12.5 Å². The molecule has 1 aliphatic rings. The van der Waals surface area contributed by atoms with Crippen molar-refractivity contribution in [1.82, 2.24) is 10.6 Å². The molecule has 5 nitrogen and oxygen atoms in total. The summed E-state index contributed by atoms with van der Waals surface area (Å²) in [6.45, 7) is 2.18. The van der Waals surface area contributed by atoms with Gasteiger partial charge in [0.15, 0.2) is 0 Å². The summed E-state index contributed by atoms with van der Waals surface area (Å²) in [5.41, 5.74) is 5.20. The number of nitrogens with two attached hydrogens (primary N) is 1. The number of amides is 3. The summed E-state index contributed by atoms with van der Waals surface area (Å²) < 4.78 is 0. The van der Waals surface area contributed by atoms with E-state index in [0.29, 0.717) is 5.92 Å². The number of carbonyl (C=O) groups is 2. The van der Waals surface area contributed by atoms with E-state index in [9.17, 15) is 9.59 Å². The number of hydrogen-bond donors (Lipinski definition) is 3. The maximum absolute atomic E-state index is 12.2. The van der Waals surface area contributed by atoms with E-state index < -0.39 is 6.03 Å². The monoisotopic (exact) mass is 309 g/mol. The Morgan fingerprint density at radius 3 is 2.81 bits per heavy atom. The Balaban J connectivity index is 1.93. The Morgan fingerprint density at radius 1 is 1.43 bits per heavy atom. The molecule has 3 atom stereocenters. The zero-order valence-corrected chi connectivity index (χ0v) is 13.1. The van der Waals surface area contributed by atoms with Gasteiger partial charge in [-0.3, -0.25) is 4.79 Å². The van der Waals surface area contributed by atoms with E-state index in [1.807, 2.05) is 17.5 Å². The fourth-order valence-corrected chi connectivity index (χ4v) is 3.64. The number of carbonyl (C=O) groups excluding carboxylic acids is 2. The summed E-state index contributed by atoms with van der Waals surface area (Å²) in [5, 5.41) is 7.68. The van der Waals surface area contributed by atoms with Crippen LogP contribution in [0.3, 0.4) is 0 Å². The van der Waals surface area contributed by atoms with Crippen molar-refractivity contribution in [2.24, 2.45) is 11.7 Å². The Hall–Kier alpha value is -1.56. The molecular formula is C15H23N3O2S. The molecule has 3 amide bonds. The lowest BCUT2D eigenvalue weighted by Gasteiger charge is -2.30. The van der Waals surface area contributed by atoms with E-state index in [1.54, 1.807) is 0 Å². The third kappa shape index (κ3) is 4.74. The van der Waals surface area contributed by atoms with E-state index in [1.165, 1.54) is 30.6 Å². The van der Waals surface area contributed by atoms with Gasteiger partial charge in [-0.15, -0.1) is 11.3 Å². The van der Waals surface area contributed by atoms with Gasteiger partial charge in [-0.2, -0.15) is 0 Å². The number of urea groups is 1. The van der Waals surface area contributed by atoms with Gasteiger partial charge in [0.2, 0.25) is 5.91 Å². The minimum Gasteiger partial charge on any atom is -0.353 e. The van der Waals surface area contributed by atoms with Crippen LogP contribution in [-0.4, -0.2) is 18.0 Å². The van der Waals surface area contributed by atoms with Crippen molar-refractivity contribution in [2.45, 2.75) is 51.1 Å². The van der Waals surface area contributed by atoms with Gasteiger partial charge < -0.3 is 16.4 Å². The summed E-state index contributed by atoms with van der Waals surface area (Å²) >= 11 is 1.51. The standard InChI is InChI=1S/C15H23N3O2S/c1-10-5-2-3-6-11(10)17-14(19)9-12(18-15(16)20)13-7-4-8-21-13/h4,7-8,10-12H,2-3,5-6,9H2,1H3,(H,17,19)(H3,16,18,20)/t10-,11-,12-/m1/s1. The number of thiophene rings is 1. The molecular weight excluding hydrogens is 286 g/mol. The highest BCUT2D eigenvalue weighted by Gasteiger charge is 2.25. The summed E-state index contributed by atoms with van der Waals surface area (Å²) in [5.74, 6) is 0.493. The van der Waals surface area contributed by atoms with Gasteiger partial charge in [0.25, 0.3) is 0 Å². The summed E-state index contributed by atoms with van der Waals surface area (Å²) in [7, 11) is 0. The first-order valence-corrected chi connectivity index (χ1v) is 8.33. The van der Waals surface area contributed by atoms with E-state index in [0.717, 1.165) is 11.3 Å². The van der Waals surface area contributed by atoms with Crippen LogP contribution in [0, 0.1) is 5.92 Å². The molecule has 1 heterocycles. The smallest absolute Gasteiger partial charge is 0.312 e. The molecule has 0 bridgehead atoms. The Morgan fingerprint density at radius 2 is 2.19 bits per heavy atom. The van der Waals surface area contributed by atoms with E-state index in [4.69, 9.17) is 5.73 Å². The molecule has 0 spiro atoms. The summed E-state index contributed by atoms with van der Waals surface area (Å²) in [6, 6.07) is 3.11. The Bertz CT molecular complexity index is 475. The van der Waals surface area contributed by atoms with Crippen LogP contribution in [0.4, 0.5) is 4.79 Å². The third-order valence-corrected chi connectivity index (χ3v) is 5.04. The van der Waals surface area contributed by atoms with Crippen molar-refractivity contribution >= 4 is 23.3 Å². The molecule has 4 N–H and O–H groups in total. The summed E-state index contributed by atoms with van der Waals surface area (Å²) in [4.78, 5) is 24.3. The fraction of sp³-hybridized carbons (Fsp3) is 0.600. The highest BCUT2D eigenvalue weighted by atomic mass is 32.1. The lowest BCUT2D eigenvalue weighted by atomic mass is 9.86. The Labute approximate surface area is 129 Å². The maximum atomic E-state index is 12.2. The van der Waals surface area contributed by atoms with Gasteiger partial charge in [0.1, 0.15) is 0 Å². The molecule has 0 radical (unpaired) electrons. The molecule has 1 saturated carbocycles. The maximum Gasteiger partial charge on any atom is 0.312 e. The first-order valence-electron chi connectivity index (χ1n) is 7.45. The van der Waals surface area contributed by atoms with Gasteiger partial charge in [-0.05, 0) is 30.2 Å². The molecule has 0 aliphatic heterocycles. The number of rotatable bonds is 5. The first-order chi connectivity index (χ1) is 10.1. The molecule has 21 heavy (non-hydrogen) atoms. The molecule has 116 valence electrons. The zero-order chi connectivity index (χ0) is 15.2. The van der Waals surface area contributed by atoms with Crippen LogP contribution in [0.15, 0.2) is 17.5 Å². The van der Waals surface area contributed by atoms with Crippen LogP contribution in [0.1, 0.15) is 49.9 Å². The Kier molecular flexibility index (Phi) is 5.61. The number of hydrogen-bond acceptors (Lipinski definition) is 3. The van der Waals surface area contributed by atoms with Crippen molar-refractivity contribution in [3.8, 4) is 0 Å². The minimum atomic E-state index is -0.604. The SMILES string of the molecule is C[C@@H]1CCCC[C@H]1NC(=O)C[C@@H](NC(N)=O)c1cccs1. The zero-order valence-electron chi connectivity index (χ0n) is 12.3. The highest BCUT2D eigenvalue weighted by Crippen LogP contribution is 2.25. The first kappa shape index (κ1) is 15.8. The molecule has 1 fully saturated rings. The molecule has 2 rings (SSSR count). The number of nitrogens with one attached hydrogen (secondary N) is 2. The van der Waals surface area contributed by atoms with Crippen molar-refractivity contribution in [3.05, 3.63) is 22.4 Å². The lowest BCUT2D eigenvalue weighted by molar-refractivity contribution is -0.122. The van der Waals surface area contributed by atoms with Crippen molar-refractivity contribution in [1.29, 1.82) is 0 Å². The van der Waals surface area contributed by atoms with E-state index in [2.05, 4.69) is 17.6 Å². The second kappa shape index (κ2) is 7.45. The van der Waals surface area contributed by atoms with E-state index in [-0.39, 0.29) is 24.4 Å². The van der Waals surface area contributed by atoms with Crippen LogP contribution in [0.25, 0.3) is 0 Å². The largest absolute Gasteiger partial charge is 0.353 e. The van der Waals surface area contributed by atoms with E-state index >= 15 is 0 Å². The van der Waals surface area contributed by atoms with Crippen LogP contribution in [-0.2, 0) is 4.79 Å². The quantitative estimate of drug-likeness (QED) is 0.781. The second-order valence-corrected chi connectivity index (χ2v) is 6.70. The number of primary amides is 1. The predicted octanol–water partition coefficient (Wildman–Crippen LogP) is 2.54. The molecule has 1 aromatic heterocycles. The van der Waals surface area contributed by atoms with Crippen LogP contribution in [0.2, 0.25) is 0 Å². The fourth-order valence-electron chi connectivity index (χ4n) is 2.87. The van der Waals surface area contributed by atoms with Crippen molar-refractivity contribution in [3.63, 3.8) is 0 Å². The third-order valence-electron chi connectivity index (χ3n) is 4.05.